The molecule has 3 heterocycles. The van der Waals surface area contributed by atoms with Gasteiger partial charge in [0.1, 0.15) is 17.3 Å². The molecule has 3 N–H and O–H groups in total. The van der Waals surface area contributed by atoms with E-state index in [4.69, 9.17) is 10.5 Å². The van der Waals surface area contributed by atoms with Crippen molar-refractivity contribution in [2.45, 2.75) is 18.8 Å². The average Bonchev–Trinajstić information content (AvgIpc) is 3.13. The Labute approximate surface area is 173 Å². The molecule has 0 unspecified atom stereocenters. The van der Waals surface area contributed by atoms with Crippen LogP contribution in [0.1, 0.15) is 22.5 Å². The number of alkyl halides is 2. The maximum Gasteiger partial charge on any atom is 0.387 e. The van der Waals surface area contributed by atoms with E-state index in [0.717, 1.165) is 12.6 Å². The van der Waals surface area contributed by atoms with Crippen molar-refractivity contribution in [3.8, 4) is 5.75 Å². The molecule has 11 heteroatoms. The van der Waals surface area contributed by atoms with Crippen LogP contribution in [0.4, 0.5) is 18.9 Å². The second-order valence-electron chi connectivity index (χ2n) is 6.70. The number of fused-ring (bicyclic) bond motifs is 1. The first-order valence-electron chi connectivity index (χ1n) is 9.02. The molecule has 0 bridgehead atoms. The molecule has 2 aliphatic heterocycles. The lowest BCUT2D eigenvalue weighted by molar-refractivity contribution is -0.0500. The van der Waals surface area contributed by atoms with Crippen LogP contribution in [0.5, 0.6) is 5.75 Å². The lowest BCUT2D eigenvalue weighted by Gasteiger charge is -2.34. The first-order valence-corrected chi connectivity index (χ1v) is 10.0. The number of pyridine rings is 1. The Morgan fingerprint density at radius 3 is 2.93 bits per heavy atom. The molecular weight excluding hydrogens is 421 g/mol. The fraction of sp³-hybridized carbons (Fsp3) is 0.316. The van der Waals surface area contributed by atoms with Gasteiger partial charge in [-0.15, -0.1) is 0 Å². The molecule has 2 atom stereocenters. The van der Waals surface area contributed by atoms with Crippen molar-refractivity contribution < 1.29 is 27.4 Å². The van der Waals surface area contributed by atoms with Crippen molar-refractivity contribution in [1.82, 2.24) is 4.98 Å². The summed E-state index contributed by atoms with van der Waals surface area (Å²) >= 11 is 1.40. The molecule has 1 aromatic heterocycles. The second kappa shape index (κ2) is 8.15. The monoisotopic (exact) mass is 438 g/mol. The minimum absolute atomic E-state index is 0.0213. The zero-order valence-corrected chi connectivity index (χ0v) is 16.3. The van der Waals surface area contributed by atoms with Crippen molar-refractivity contribution in [2.75, 3.05) is 17.7 Å². The second-order valence-corrected chi connectivity index (χ2v) is 7.74. The van der Waals surface area contributed by atoms with E-state index in [2.05, 4.69) is 20.0 Å². The molecule has 2 aliphatic rings. The number of aliphatic imine (C=N–C) groups is 1. The fourth-order valence-corrected chi connectivity index (χ4v) is 4.45. The van der Waals surface area contributed by atoms with Gasteiger partial charge in [0.2, 0.25) is 0 Å². The van der Waals surface area contributed by atoms with Gasteiger partial charge in [0.15, 0.2) is 10.9 Å². The van der Waals surface area contributed by atoms with E-state index in [-0.39, 0.29) is 22.9 Å². The number of thioether (sulfide) groups is 1. The zero-order chi connectivity index (χ0) is 21.3. The highest BCUT2D eigenvalue weighted by Gasteiger charge is 2.49. The van der Waals surface area contributed by atoms with Gasteiger partial charge in [-0.25, -0.2) is 14.4 Å². The van der Waals surface area contributed by atoms with Crippen LogP contribution < -0.4 is 15.8 Å². The number of ether oxygens (including phenoxy) is 2. The minimum Gasteiger partial charge on any atom is -0.433 e. The molecule has 1 amide bonds. The Morgan fingerprint density at radius 2 is 2.20 bits per heavy atom. The maximum atomic E-state index is 14.7. The number of carbonyl (C=O) groups is 1. The summed E-state index contributed by atoms with van der Waals surface area (Å²) in [5, 5.41) is 2.93. The largest absolute Gasteiger partial charge is 0.433 e. The number of nitrogens with two attached hydrogens (primary N) is 1. The number of anilines is 1. The fourth-order valence-electron chi connectivity index (χ4n) is 3.49. The van der Waals surface area contributed by atoms with E-state index in [1.165, 1.54) is 42.1 Å². The summed E-state index contributed by atoms with van der Waals surface area (Å²) in [6.45, 7) is -2.56. The van der Waals surface area contributed by atoms with Gasteiger partial charge in [0, 0.05) is 22.9 Å². The summed E-state index contributed by atoms with van der Waals surface area (Å²) in [5.74, 6) is -0.670. The third-order valence-electron chi connectivity index (χ3n) is 4.85. The molecule has 1 saturated heterocycles. The van der Waals surface area contributed by atoms with Gasteiger partial charge in [0.25, 0.3) is 5.91 Å². The Kier molecular flexibility index (Phi) is 5.56. The summed E-state index contributed by atoms with van der Waals surface area (Å²) in [6.07, 6.45) is 1.74. The summed E-state index contributed by atoms with van der Waals surface area (Å²) in [4.78, 5) is 20.7. The van der Waals surface area contributed by atoms with Gasteiger partial charge in [0.05, 0.1) is 12.8 Å². The highest BCUT2D eigenvalue weighted by atomic mass is 32.2. The predicted octanol–water partition coefficient (Wildman–Crippen LogP) is 3.33. The first-order chi connectivity index (χ1) is 14.4. The van der Waals surface area contributed by atoms with Crippen LogP contribution in [0.3, 0.4) is 0 Å². The van der Waals surface area contributed by atoms with Crippen molar-refractivity contribution in [3.63, 3.8) is 0 Å². The predicted molar refractivity (Wildman–Crippen MR) is 105 cm³/mol. The first kappa shape index (κ1) is 20.5. The van der Waals surface area contributed by atoms with Gasteiger partial charge < -0.3 is 20.5 Å². The van der Waals surface area contributed by atoms with E-state index in [9.17, 15) is 18.0 Å². The van der Waals surface area contributed by atoms with Crippen LogP contribution in [0, 0.1) is 11.7 Å². The minimum atomic E-state index is -2.99. The summed E-state index contributed by atoms with van der Waals surface area (Å²) in [5.41, 5.74) is 5.14. The molecule has 30 heavy (non-hydrogen) atoms. The van der Waals surface area contributed by atoms with E-state index in [0.29, 0.717) is 23.2 Å². The molecule has 158 valence electrons. The van der Waals surface area contributed by atoms with Crippen LogP contribution >= 0.6 is 11.8 Å². The van der Waals surface area contributed by atoms with Gasteiger partial charge in [-0.05, 0) is 36.8 Å². The number of carbonyl (C=O) groups excluding carboxylic acids is 1. The average molecular weight is 438 g/mol. The maximum absolute atomic E-state index is 14.7. The van der Waals surface area contributed by atoms with E-state index in [1.807, 2.05) is 0 Å². The van der Waals surface area contributed by atoms with Crippen LogP contribution in [0.25, 0.3) is 0 Å². The molecule has 0 aliphatic carbocycles. The third-order valence-corrected chi connectivity index (χ3v) is 5.81. The number of nitrogens with zero attached hydrogens (tertiary/aromatic N) is 2. The van der Waals surface area contributed by atoms with Gasteiger partial charge in [-0.2, -0.15) is 8.78 Å². The smallest absolute Gasteiger partial charge is 0.387 e. The number of benzene rings is 1. The highest BCUT2D eigenvalue weighted by Crippen LogP contribution is 2.48. The standard InChI is InChI=1S/C19H17F3N4O3S/c20-14-3-1-11(25-16(27)15-4-2-12(8-24-15)29-17(21)22)7-13(14)19-10(5-6-28-19)9-30-18(23)26-19/h1-4,7-8,10,17H,5-6,9H2,(H2,23,26)(H,25,27)/t10-,19-/m1/s1. The normalized spacial score (nSPS) is 23.1. The Bertz CT molecular complexity index is 989. The van der Waals surface area contributed by atoms with Crippen molar-refractivity contribution in [2.24, 2.45) is 16.6 Å². The molecule has 0 saturated carbocycles. The van der Waals surface area contributed by atoms with E-state index >= 15 is 0 Å². The van der Waals surface area contributed by atoms with Gasteiger partial charge in [-0.1, -0.05) is 11.8 Å². The zero-order valence-electron chi connectivity index (χ0n) is 15.5. The molecule has 1 aromatic carbocycles. The van der Waals surface area contributed by atoms with Gasteiger partial charge in [-0.3, -0.25) is 4.79 Å². The molecule has 1 fully saturated rings. The molecule has 2 aromatic rings. The molecule has 4 rings (SSSR count). The van der Waals surface area contributed by atoms with Crippen LogP contribution in [-0.2, 0) is 10.5 Å². The topological polar surface area (TPSA) is 98.8 Å². The Hall–Kier alpha value is -2.79. The summed E-state index contributed by atoms with van der Waals surface area (Å²) < 4.78 is 49.2. The third kappa shape index (κ3) is 3.94. The lowest BCUT2D eigenvalue weighted by atomic mass is 9.89. The van der Waals surface area contributed by atoms with Crippen molar-refractivity contribution in [3.05, 3.63) is 53.6 Å². The Balaban J connectivity index is 1.58. The van der Waals surface area contributed by atoms with Gasteiger partial charge >= 0.3 is 6.61 Å². The number of nitrogens with one attached hydrogen (secondary N) is 1. The summed E-state index contributed by atoms with van der Waals surface area (Å²) in [6, 6.07) is 6.54. The number of amides is 1. The van der Waals surface area contributed by atoms with Crippen LogP contribution in [0.15, 0.2) is 41.5 Å². The number of amidine groups is 1. The summed E-state index contributed by atoms with van der Waals surface area (Å²) in [7, 11) is 0. The number of rotatable bonds is 5. The number of halogens is 3. The molecule has 0 radical (unpaired) electrons. The van der Waals surface area contributed by atoms with Crippen LogP contribution in [0.2, 0.25) is 0 Å². The highest BCUT2D eigenvalue weighted by molar-refractivity contribution is 8.13. The number of hydrogen-bond donors (Lipinski definition) is 2. The van der Waals surface area contributed by atoms with Crippen LogP contribution in [-0.4, -0.2) is 35.0 Å². The molecule has 0 spiro atoms. The van der Waals surface area contributed by atoms with Crippen molar-refractivity contribution >= 4 is 28.5 Å². The van der Waals surface area contributed by atoms with E-state index < -0.39 is 24.1 Å². The molecular formula is C19H17F3N4O3S. The number of hydrogen-bond acceptors (Lipinski definition) is 7. The van der Waals surface area contributed by atoms with E-state index in [1.54, 1.807) is 0 Å². The Morgan fingerprint density at radius 1 is 1.37 bits per heavy atom. The number of aromatic nitrogens is 1. The SMILES string of the molecule is NC1=N[C@@]2(c3cc(NC(=O)c4ccc(OC(F)F)cn4)ccc3F)OCC[C@@H]2CS1. The van der Waals surface area contributed by atoms with Crippen molar-refractivity contribution in [1.29, 1.82) is 0 Å². The molecule has 7 nitrogen and oxygen atoms in total. The quantitative estimate of drug-likeness (QED) is 0.743. The lowest BCUT2D eigenvalue weighted by Crippen LogP contribution is -2.38.